The Kier molecular flexibility index (Phi) is 3.12. The Bertz CT molecular complexity index is 1030. The molecule has 0 bridgehead atoms. The van der Waals surface area contributed by atoms with E-state index < -0.39 is 41.5 Å². The molecule has 2 saturated heterocycles. The SMILES string of the molecule is CC1(C)O[C@H]2[C@H](c3ccc4c(N)ncnn34)O[C@]3(C)C(OC(=O)OC4CC4)[C@]23O1. The zero-order chi connectivity index (χ0) is 20.2. The highest BCUT2D eigenvalue weighted by Gasteiger charge is 2.92. The highest BCUT2D eigenvalue weighted by molar-refractivity contribution is 5.66. The van der Waals surface area contributed by atoms with Crippen molar-refractivity contribution in [2.24, 2.45) is 0 Å². The fourth-order valence-corrected chi connectivity index (χ4v) is 4.83. The van der Waals surface area contributed by atoms with Crippen LogP contribution in [-0.4, -0.2) is 56.1 Å². The molecule has 10 nitrogen and oxygen atoms in total. The van der Waals surface area contributed by atoms with Crippen LogP contribution in [0.3, 0.4) is 0 Å². The van der Waals surface area contributed by atoms with Gasteiger partial charge in [0.25, 0.3) is 0 Å². The lowest BCUT2D eigenvalue weighted by molar-refractivity contribution is -0.186. The zero-order valence-corrected chi connectivity index (χ0v) is 16.3. The van der Waals surface area contributed by atoms with Gasteiger partial charge in [0.2, 0.25) is 0 Å². The van der Waals surface area contributed by atoms with Gasteiger partial charge in [-0.3, -0.25) is 0 Å². The number of aromatic nitrogens is 3. The van der Waals surface area contributed by atoms with Gasteiger partial charge in [-0.05, 0) is 45.7 Å². The molecule has 154 valence electrons. The number of nitrogen functional groups attached to an aromatic ring is 1. The Labute approximate surface area is 166 Å². The van der Waals surface area contributed by atoms with E-state index in [4.69, 9.17) is 29.4 Å². The smallest absolute Gasteiger partial charge is 0.431 e. The van der Waals surface area contributed by atoms with Crippen molar-refractivity contribution in [3.8, 4) is 0 Å². The second-order valence-corrected chi connectivity index (χ2v) is 8.74. The van der Waals surface area contributed by atoms with E-state index in [0.717, 1.165) is 18.5 Å². The van der Waals surface area contributed by atoms with Gasteiger partial charge >= 0.3 is 6.16 Å². The Balaban J connectivity index is 1.35. The molecule has 10 heteroatoms. The molecule has 29 heavy (non-hydrogen) atoms. The highest BCUT2D eigenvalue weighted by atomic mass is 16.8. The molecule has 0 aromatic carbocycles. The number of nitrogens with zero attached hydrogens (tertiary/aromatic N) is 3. The van der Waals surface area contributed by atoms with E-state index >= 15 is 0 Å². The lowest BCUT2D eigenvalue weighted by atomic mass is 10.0. The molecule has 2 saturated carbocycles. The molecule has 5 atom stereocenters. The van der Waals surface area contributed by atoms with E-state index in [1.807, 2.05) is 32.9 Å². The monoisotopic (exact) mass is 402 g/mol. The fourth-order valence-electron chi connectivity index (χ4n) is 4.83. The van der Waals surface area contributed by atoms with Crippen LogP contribution in [0.25, 0.3) is 5.52 Å². The van der Waals surface area contributed by atoms with E-state index in [1.165, 1.54) is 6.33 Å². The number of fused-ring (bicyclic) bond motifs is 1. The molecule has 2 aromatic rings. The minimum absolute atomic E-state index is 0.0368. The van der Waals surface area contributed by atoms with Gasteiger partial charge in [0, 0.05) is 0 Å². The summed E-state index contributed by atoms with van der Waals surface area (Å²) in [7, 11) is 0. The van der Waals surface area contributed by atoms with Crippen molar-refractivity contribution < 1.29 is 28.5 Å². The molecule has 0 amide bonds. The number of rotatable bonds is 3. The van der Waals surface area contributed by atoms with E-state index in [1.54, 1.807) is 4.52 Å². The van der Waals surface area contributed by atoms with Gasteiger partial charge in [0.05, 0.1) is 5.69 Å². The number of carbonyl (C=O) groups excluding carboxylic acids is 1. The molecule has 6 rings (SSSR count). The second-order valence-electron chi connectivity index (χ2n) is 8.74. The van der Waals surface area contributed by atoms with Crippen LogP contribution in [0.2, 0.25) is 0 Å². The number of anilines is 1. The molecular formula is C19H22N4O6. The molecule has 2 N–H and O–H groups in total. The molecule has 0 radical (unpaired) electrons. The first-order chi connectivity index (χ1) is 13.8. The molecule has 2 aliphatic heterocycles. The van der Waals surface area contributed by atoms with Crippen molar-refractivity contribution in [1.82, 2.24) is 14.6 Å². The van der Waals surface area contributed by atoms with Crippen LogP contribution < -0.4 is 5.73 Å². The van der Waals surface area contributed by atoms with Gasteiger partial charge in [-0.1, -0.05) is 0 Å². The average molecular weight is 402 g/mol. The quantitative estimate of drug-likeness (QED) is 0.765. The molecule has 2 aliphatic carbocycles. The van der Waals surface area contributed by atoms with Gasteiger partial charge in [-0.25, -0.2) is 14.3 Å². The summed E-state index contributed by atoms with van der Waals surface area (Å²) in [6.07, 6.45) is 0.844. The predicted octanol–water partition coefficient (Wildman–Crippen LogP) is 1.73. The molecule has 4 aliphatic rings. The average Bonchev–Trinajstić information content (AvgIpc) is 3.36. The van der Waals surface area contributed by atoms with Crippen LogP contribution in [0.15, 0.2) is 18.5 Å². The van der Waals surface area contributed by atoms with Crippen molar-refractivity contribution in [3.63, 3.8) is 0 Å². The summed E-state index contributed by atoms with van der Waals surface area (Å²) in [5.74, 6) is -0.476. The van der Waals surface area contributed by atoms with Gasteiger partial charge in [-0.2, -0.15) is 5.10 Å². The van der Waals surface area contributed by atoms with Gasteiger partial charge in [0.1, 0.15) is 35.8 Å². The Morgan fingerprint density at radius 2 is 2.03 bits per heavy atom. The minimum atomic E-state index is -0.910. The third-order valence-corrected chi connectivity index (χ3v) is 6.28. The van der Waals surface area contributed by atoms with Crippen LogP contribution in [0.5, 0.6) is 0 Å². The van der Waals surface area contributed by atoms with Crippen molar-refractivity contribution in [2.45, 2.75) is 75.0 Å². The second kappa shape index (κ2) is 5.18. The van der Waals surface area contributed by atoms with E-state index in [0.29, 0.717) is 11.3 Å². The number of ether oxygens (including phenoxy) is 5. The summed E-state index contributed by atoms with van der Waals surface area (Å²) in [6.45, 7) is 5.55. The summed E-state index contributed by atoms with van der Waals surface area (Å²) >= 11 is 0. The van der Waals surface area contributed by atoms with Crippen LogP contribution >= 0.6 is 0 Å². The van der Waals surface area contributed by atoms with E-state index in [-0.39, 0.29) is 6.10 Å². The maximum absolute atomic E-state index is 12.2. The summed E-state index contributed by atoms with van der Waals surface area (Å²) in [5, 5.41) is 4.31. The summed E-state index contributed by atoms with van der Waals surface area (Å²) < 4.78 is 31.5. The van der Waals surface area contributed by atoms with Gasteiger partial charge < -0.3 is 29.4 Å². The molecule has 1 spiro atoms. The largest absolute Gasteiger partial charge is 0.509 e. The number of nitrogens with two attached hydrogens (primary N) is 1. The van der Waals surface area contributed by atoms with E-state index in [9.17, 15) is 4.79 Å². The number of carbonyl (C=O) groups is 1. The van der Waals surface area contributed by atoms with Crippen LogP contribution in [0.4, 0.5) is 10.6 Å². The number of hydrogen-bond acceptors (Lipinski definition) is 9. The first-order valence-corrected chi connectivity index (χ1v) is 9.76. The Morgan fingerprint density at radius 1 is 1.24 bits per heavy atom. The first kappa shape index (κ1) is 17.4. The molecular weight excluding hydrogens is 380 g/mol. The normalized spacial score (nSPS) is 39.2. The van der Waals surface area contributed by atoms with Crippen LogP contribution in [0, 0.1) is 0 Å². The number of hydrogen-bond donors (Lipinski definition) is 1. The van der Waals surface area contributed by atoms with E-state index in [2.05, 4.69) is 10.1 Å². The lowest BCUT2D eigenvalue weighted by Gasteiger charge is -2.24. The fraction of sp³-hybridized carbons (Fsp3) is 0.632. The standard InChI is InChI=1S/C19H22N4O6/c1-17(2)28-13-12(10-6-7-11-14(20)21-8-22-23(10)11)27-18(3)15(19(13,18)29-17)26-16(24)25-9-4-5-9/h6-9,12-13,15H,4-5H2,1-3H3,(H2,20,21,22)/t12-,13-,15?,18+,19+/m0/s1. The summed E-state index contributed by atoms with van der Waals surface area (Å²) in [6, 6.07) is 3.73. The zero-order valence-electron chi connectivity index (χ0n) is 16.3. The van der Waals surface area contributed by atoms with Crippen LogP contribution in [-0.2, 0) is 23.7 Å². The third-order valence-electron chi connectivity index (χ3n) is 6.28. The highest BCUT2D eigenvalue weighted by Crippen LogP contribution is 2.71. The topological polar surface area (TPSA) is 119 Å². The van der Waals surface area contributed by atoms with Gasteiger partial charge in [-0.15, -0.1) is 0 Å². The predicted molar refractivity (Wildman–Crippen MR) is 96.8 cm³/mol. The first-order valence-electron chi connectivity index (χ1n) is 9.76. The minimum Gasteiger partial charge on any atom is -0.431 e. The van der Waals surface area contributed by atoms with Crippen molar-refractivity contribution >= 4 is 17.5 Å². The maximum Gasteiger partial charge on any atom is 0.509 e. The third kappa shape index (κ3) is 2.19. The lowest BCUT2D eigenvalue weighted by Crippen LogP contribution is -2.34. The van der Waals surface area contributed by atoms with Gasteiger partial charge in [0.15, 0.2) is 23.3 Å². The summed E-state index contributed by atoms with van der Waals surface area (Å²) in [5.41, 5.74) is 5.65. The van der Waals surface area contributed by atoms with Crippen molar-refractivity contribution in [3.05, 3.63) is 24.2 Å². The Hall–Kier alpha value is -2.43. The Morgan fingerprint density at radius 3 is 2.79 bits per heavy atom. The van der Waals surface area contributed by atoms with Crippen molar-refractivity contribution in [2.75, 3.05) is 5.73 Å². The summed E-state index contributed by atoms with van der Waals surface area (Å²) in [4.78, 5) is 16.2. The molecule has 1 unspecified atom stereocenters. The maximum atomic E-state index is 12.2. The molecule has 4 heterocycles. The van der Waals surface area contributed by atoms with Crippen molar-refractivity contribution in [1.29, 1.82) is 0 Å². The molecule has 2 aromatic heterocycles. The van der Waals surface area contributed by atoms with Crippen LogP contribution in [0.1, 0.15) is 45.4 Å². The molecule has 4 fully saturated rings.